The molecule has 2 heterocycles. The molecule has 0 saturated heterocycles. The minimum Gasteiger partial charge on any atom is -0.477 e. The van der Waals surface area contributed by atoms with Gasteiger partial charge >= 0.3 is 5.97 Å². The van der Waals surface area contributed by atoms with E-state index < -0.39 is 18.9 Å². The summed E-state index contributed by atoms with van der Waals surface area (Å²) in [7, 11) is 0. The second-order valence-electron chi connectivity index (χ2n) is 3.89. The first-order valence-corrected chi connectivity index (χ1v) is 6.94. The number of alkyl halides is 2. The quantitative estimate of drug-likeness (QED) is 0.623. The van der Waals surface area contributed by atoms with Crippen LogP contribution in [0, 0.1) is 0 Å². The van der Waals surface area contributed by atoms with Gasteiger partial charge in [0.1, 0.15) is 17.9 Å². The largest absolute Gasteiger partial charge is 0.477 e. The number of halogens is 2. The molecule has 0 aliphatic rings. The number of thioether (sulfide) groups is 1. The van der Waals surface area contributed by atoms with Crippen LogP contribution in [0.5, 0.6) is 0 Å². The molecule has 0 aliphatic carbocycles. The number of rotatable bonds is 6. The van der Waals surface area contributed by atoms with E-state index in [0.29, 0.717) is 10.8 Å². The Labute approximate surface area is 122 Å². The van der Waals surface area contributed by atoms with Crippen molar-refractivity contribution in [1.82, 2.24) is 19.7 Å². The highest BCUT2D eigenvalue weighted by Crippen LogP contribution is 2.21. The number of anilines is 2. The number of nitrogens with one attached hydrogen (secondary N) is 1. The van der Waals surface area contributed by atoms with Gasteiger partial charge in [0, 0.05) is 12.4 Å². The summed E-state index contributed by atoms with van der Waals surface area (Å²) in [5.74, 6) is -1.11. The van der Waals surface area contributed by atoms with E-state index >= 15 is 0 Å². The van der Waals surface area contributed by atoms with Gasteiger partial charge in [0.25, 0.3) is 6.43 Å². The van der Waals surface area contributed by atoms with Gasteiger partial charge in [-0.25, -0.2) is 23.5 Å². The second kappa shape index (κ2) is 6.48. The summed E-state index contributed by atoms with van der Waals surface area (Å²) >= 11 is 1.25. The van der Waals surface area contributed by atoms with Crippen molar-refractivity contribution in [3.63, 3.8) is 0 Å². The van der Waals surface area contributed by atoms with E-state index in [-0.39, 0.29) is 11.4 Å². The van der Waals surface area contributed by atoms with Gasteiger partial charge in [-0.1, -0.05) is 11.8 Å². The monoisotopic (exact) mass is 315 g/mol. The molecule has 10 heteroatoms. The van der Waals surface area contributed by atoms with Gasteiger partial charge in [-0.3, -0.25) is 4.68 Å². The molecule has 0 radical (unpaired) electrons. The number of aromatic nitrogens is 4. The summed E-state index contributed by atoms with van der Waals surface area (Å²) in [5, 5.41) is 16.0. The number of hydrogen-bond acceptors (Lipinski definition) is 6. The van der Waals surface area contributed by atoms with Gasteiger partial charge < -0.3 is 10.4 Å². The van der Waals surface area contributed by atoms with E-state index in [1.54, 1.807) is 6.26 Å². The van der Waals surface area contributed by atoms with Crippen LogP contribution in [0.4, 0.5) is 20.3 Å². The lowest BCUT2D eigenvalue weighted by atomic mass is 10.3. The molecule has 2 aromatic rings. The molecule has 0 aliphatic heterocycles. The summed E-state index contributed by atoms with van der Waals surface area (Å²) in [4.78, 5) is 19.0. The molecule has 0 aromatic carbocycles. The number of carboxylic acid groups (broad SMARTS) is 1. The maximum Gasteiger partial charge on any atom is 0.341 e. The molecule has 0 bridgehead atoms. The fourth-order valence-corrected chi connectivity index (χ4v) is 1.86. The SMILES string of the molecule is CSc1ncc(C(=O)O)c(Nc2cnn(CC(F)F)c2)n1. The van der Waals surface area contributed by atoms with Crippen LogP contribution in [0.15, 0.2) is 23.7 Å². The van der Waals surface area contributed by atoms with E-state index in [1.807, 2.05) is 0 Å². The van der Waals surface area contributed by atoms with Crippen molar-refractivity contribution in [3.8, 4) is 0 Å². The lowest BCUT2D eigenvalue weighted by Crippen LogP contribution is -2.07. The molecule has 0 unspecified atom stereocenters. The first-order chi connectivity index (χ1) is 9.99. The number of hydrogen-bond donors (Lipinski definition) is 2. The Hall–Kier alpha value is -2.23. The van der Waals surface area contributed by atoms with Crippen molar-refractivity contribution >= 4 is 29.2 Å². The van der Waals surface area contributed by atoms with E-state index in [9.17, 15) is 13.6 Å². The number of carboxylic acids is 1. The van der Waals surface area contributed by atoms with Crippen LogP contribution >= 0.6 is 11.8 Å². The first kappa shape index (κ1) is 15.2. The summed E-state index contributed by atoms with van der Waals surface area (Å²) < 4.78 is 25.5. The average Bonchev–Trinajstić information content (AvgIpc) is 2.84. The van der Waals surface area contributed by atoms with Gasteiger partial charge in [0.15, 0.2) is 5.16 Å². The lowest BCUT2D eigenvalue weighted by molar-refractivity contribution is 0.0697. The molecule has 7 nitrogen and oxygen atoms in total. The molecule has 0 atom stereocenters. The summed E-state index contributed by atoms with van der Waals surface area (Å²) in [6, 6.07) is 0. The van der Waals surface area contributed by atoms with Crippen molar-refractivity contribution in [1.29, 1.82) is 0 Å². The molecule has 0 amide bonds. The highest BCUT2D eigenvalue weighted by Gasteiger charge is 2.15. The molecular weight excluding hydrogens is 304 g/mol. The molecule has 112 valence electrons. The normalized spacial score (nSPS) is 10.9. The van der Waals surface area contributed by atoms with Gasteiger partial charge in [-0.15, -0.1) is 0 Å². The Kier molecular flexibility index (Phi) is 4.68. The third-order valence-electron chi connectivity index (χ3n) is 2.40. The summed E-state index contributed by atoms with van der Waals surface area (Å²) in [5.41, 5.74) is 0.248. The minimum absolute atomic E-state index is 0.0819. The Morgan fingerprint density at radius 1 is 1.52 bits per heavy atom. The smallest absolute Gasteiger partial charge is 0.341 e. The van der Waals surface area contributed by atoms with E-state index in [4.69, 9.17) is 5.11 Å². The van der Waals surface area contributed by atoms with Crippen molar-refractivity contribution in [3.05, 3.63) is 24.2 Å². The predicted molar refractivity (Wildman–Crippen MR) is 72.3 cm³/mol. The zero-order valence-corrected chi connectivity index (χ0v) is 11.6. The third-order valence-corrected chi connectivity index (χ3v) is 2.96. The van der Waals surface area contributed by atoms with Crippen LogP contribution in [-0.4, -0.2) is 43.5 Å². The van der Waals surface area contributed by atoms with Gasteiger partial charge in [0.2, 0.25) is 0 Å². The fraction of sp³-hybridized carbons (Fsp3) is 0.273. The Morgan fingerprint density at radius 3 is 2.90 bits per heavy atom. The number of nitrogens with zero attached hydrogens (tertiary/aromatic N) is 4. The van der Waals surface area contributed by atoms with Crippen molar-refractivity contribution in [2.75, 3.05) is 11.6 Å². The van der Waals surface area contributed by atoms with E-state index in [0.717, 1.165) is 4.68 Å². The highest BCUT2D eigenvalue weighted by atomic mass is 32.2. The topological polar surface area (TPSA) is 92.9 Å². The zero-order valence-electron chi connectivity index (χ0n) is 10.8. The molecule has 21 heavy (non-hydrogen) atoms. The average molecular weight is 315 g/mol. The van der Waals surface area contributed by atoms with Crippen LogP contribution in [0.1, 0.15) is 10.4 Å². The van der Waals surface area contributed by atoms with Crippen LogP contribution in [0.25, 0.3) is 0 Å². The fourth-order valence-electron chi connectivity index (χ4n) is 1.52. The van der Waals surface area contributed by atoms with E-state index in [2.05, 4.69) is 20.4 Å². The Bertz CT molecular complexity index is 649. The van der Waals surface area contributed by atoms with Crippen LogP contribution in [0.3, 0.4) is 0 Å². The zero-order chi connectivity index (χ0) is 15.4. The van der Waals surface area contributed by atoms with Gasteiger partial charge in [-0.05, 0) is 6.26 Å². The molecule has 0 spiro atoms. The standard InChI is InChI=1S/C11H11F2N5O2S/c1-21-11-14-3-7(10(19)20)9(17-11)16-6-2-15-18(4-6)5-8(12)13/h2-4,8H,5H2,1H3,(H,19,20)(H,14,16,17). The summed E-state index contributed by atoms with van der Waals surface area (Å²) in [6.07, 6.45) is 3.08. The molecule has 0 saturated carbocycles. The van der Waals surface area contributed by atoms with Crippen LogP contribution in [0.2, 0.25) is 0 Å². The molecule has 2 N–H and O–H groups in total. The predicted octanol–water partition coefficient (Wildman–Crippen LogP) is 2.10. The number of aromatic carboxylic acids is 1. The second-order valence-corrected chi connectivity index (χ2v) is 4.66. The van der Waals surface area contributed by atoms with Crippen LogP contribution in [-0.2, 0) is 6.54 Å². The Balaban J connectivity index is 2.25. The van der Waals surface area contributed by atoms with Gasteiger partial charge in [-0.2, -0.15) is 5.10 Å². The minimum atomic E-state index is -2.52. The summed E-state index contributed by atoms with van der Waals surface area (Å²) in [6.45, 7) is -0.534. The molecule has 2 rings (SSSR count). The van der Waals surface area contributed by atoms with Crippen molar-refractivity contribution in [2.24, 2.45) is 0 Å². The molecule has 2 aromatic heterocycles. The molecule has 0 fully saturated rings. The highest BCUT2D eigenvalue weighted by molar-refractivity contribution is 7.98. The Morgan fingerprint density at radius 2 is 2.29 bits per heavy atom. The molecular formula is C11H11F2N5O2S. The lowest BCUT2D eigenvalue weighted by Gasteiger charge is -2.07. The van der Waals surface area contributed by atoms with Crippen LogP contribution < -0.4 is 5.32 Å². The maximum atomic E-state index is 12.2. The third kappa shape index (κ3) is 3.88. The van der Waals surface area contributed by atoms with Crippen molar-refractivity contribution < 1.29 is 18.7 Å². The van der Waals surface area contributed by atoms with E-state index in [1.165, 1.54) is 30.4 Å². The van der Waals surface area contributed by atoms with Crippen molar-refractivity contribution in [2.45, 2.75) is 18.1 Å². The number of carbonyl (C=O) groups is 1. The first-order valence-electron chi connectivity index (χ1n) is 5.71. The van der Waals surface area contributed by atoms with Gasteiger partial charge in [0.05, 0.1) is 11.9 Å². The maximum absolute atomic E-state index is 12.2.